The van der Waals surface area contributed by atoms with Gasteiger partial charge in [-0.2, -0.15) is 11.8 Å². The zero-order chi connectivity index (χ0) is 11.8. The number of likely N-dealkylation sites (N-methyl/N-ethyl adjacent to an activating group) is 1. The van der Waals surface area contributed by atoms with Crippen LogP contribution in [0, 0.1) is 0 Å². The molecule has 2 unspecified atom stereocenters. The first-order valence-corrected chi connectivity index (χ1v) is 7.86. The molecule has 0 fully saturated rings. The molecule has 2 atom stereocenters. The van der Waals surface area contributed by atoms with Crippen molar-refractivity contribution in [2.24, 2.45) is 0 Å². The SMILES string of the molecule is CCNC(CSC(C)CC)C1=CCCCC1. The van der Waals surface area contributed by atoms with E-state index in [-0.39, 0.29) is 0 Å². The summed E-state index contributed by atoms with van der Waals surface area (Å²) in [7, 11) is 0. The normalized spacial score (nSPS) is 20.3. The Kier molecular flexibility index (Phi) is 7.22. The van der Waals surface area contributed by atoms with Crippen LogP contribution < -0.4 is 5.32 Å². The summed E-state index contributed by atoms with van der Waals surface area (Å²) in [6.45, 7) is 7.91. The highest BCUT2D eigenvalue weighted by Gasteiger charge is 2.16. The van der Waals surface area contributed by atoms with Crippen molar-refractivity contribution < 1.29 is 0 Å². The highest BCUT2D eigenvalue weighted by Crippen LogP contribution is 2.24. The standard InChI is InChI=1S/C14H27NS/c1-4-12(3)16-11-14(15-5-2)13-9-7-6-8-10-13/h9,12,14-15H,4-8,10-11H2,1-3H3. The number of thioether (sulfide) groups is 1. The van der Waals surface area contributed by atoms with Gasteiger partial charge in [0, 0.05) is 17.0 Å². The third kappa shape index (κ3) is 4.92. The Morgan fingerprint density at radius 1 is 1.38 bits per heavy atom. The van der Waals surface area contributed by atoms with Gasteiger partial charge in [-0.1, -0.05) is 32.4 Å². The summed E-state index contributed by atoms with van der Waals surface area (Å²) < 4.78 is 0. The summed E-state index contributed by atoms with van der Waals surface area (Å²) in [6.07, 6.45) is 9.16. The Balaban J connectivity index is 2.42. The highest BCUT2D eigenvalue weighted by molar-refractivity contribution is 7.99. The van der Waals surface area contributed by atoms with Gasteiger partial charge in [-0.25, -0.2) is 0 Å². The van der Waals surface area contributed by atoms with Crippen LogP contribution in [0.5, 0.6) is 0 Å². The second-order valence-electron chi connectivity index (χ2n) is 4.69. The van der Waals surface area contributed by atoms with Crippen LogP contribution in [0.25, 0.3) is 0 Å². The molecule has 1 aliphatic carbocycles. The number of allylic oxidation sites excluding steroid dienone is 1. The average molecular weight is 241 g/mol. The quantitative estimate of drug-likeness (QED) is 0.676. The fourth-order valence-electron chi connectivity index (χ4n) is 2.10. The molecule has 0 aromatic carbocycles. The third-order valence-corrected chi connectivity index (χ3v) is 4.77. The number of nitrogens with one attached hydrogen (secondary N) is 1. The summed E-state index contributed by atoms with van der Waals surface area (Å²) in [5.41, 5.74) is 1.67. The van der Waals surface area contributed by atoms with Crippen LogP contribution in [0.4, 0.5) is 0 Å². The van der Waals surface area contributed by atoms with Crippen LogP contribution in [0.1, 0.15) is 52.9 Å². The minimum absolute atomic E-state index is 0.629. The van der Waals surface area contributed by atoms with Gasteiger partial charge in [0.05, 0.1) is 0 Å². The Morgan fingerprint density at radius 3 is 2.75 bits per heavy atom. The third-order valence-electron chi connectivity index (χ3n) is 3.35. The zero-order valence-corrected chi connectivity index (χ0v) is 11.9. The van der Waals surface area contributed by atoms with E-state index in [0.29, 0.717) is 6.04 Å². The van der Waals surface area contributed by atoms with E-state index in [0.717, 1.165) is 11.8 Å². The number of rotatable bonds is 7. The van der Waals surface area contributed by atoms with E-state index in [1.807, 2.05) is 0 Å². The molecule has 16 heavy (non-hydrogen) atoms. The highest BCUT2D eigenvalue weighted by atomic mass is 32.2. The van der Waals surface area contributed by atoms with E-state index < -0.39 is 0 Å². The second kappa shape index (κ2) is 8.19. The van der Waals surface area contributed by atoms with Crippen molar-refractivity contribution in [3.05, 3.63) is 11.6 Å². The van der Waals surface area contributed by atoms with Gasteiger partial charge in [0.25, 0.3) is 0 Å². The van der Waals surface area contributed by atoms with Crippen LogP contribution in [0.2, 0.25) is 0 Å². The lowest BCUT2D eigenvalue weighted by molar-refractivity contribution is 0.579. The molecule has 1 N–H and O–H groups in total. The maximum Gasteiger partial charge on any atom is 0.0370 e. The molecule has 0 aromatic rings. The monoisotopic (exact) mass is 241 g/mol. The Hall–Kier alpha value is 0.0500. The predicted molar refractivity (Wildman–Crippen MR) is 76.2 cm³/mol. The Labute approximate surface area is 105 Å². The van der Waals surface area contributed by atoms with Crippen molar-refractivity contribution in [1.82, 2.24) is 5.32 Å². The fourth-order valence-corrected chi connectivity index (χ4v) is 3.19. The first kappa shape index (κ1) is 14.1. The summed E-state index contributed by atoms with van der Waals surface area (Å²) in [5.74, 6) is 1.24. The maximum atomic E-state index is 3.64. The molecule has 1 rings (SSSR count). The number of hydrogen-bond acceptors (Lipinski definition) is 2. The van der Waals surface area contributed by atoms with Gasteiger partial charge in [0.1, 0.15) is 0 Å². The molecule has 0 spiro atoms. The van der Waals surface area contributed by atoms with Gasteiger partial charge < -0.3 is 5.32 Å². The van der Waals surface area contributed by atoms with Crippen LogP contribution >= 0.6 is 11.8 Å². The van der Waals surface area contributed by atoms with Gasteiger partial charge in [-0.15, -0.1) is 0 Å². The largest absolute Gasteiger partial charge is 0.310 e. The molecule has 0 amide bonds. The number of hydrogen-bond donors (Lipinski definition) is 1. The molecule has 1 aliphatic rings. The maximum absolute atomic E-state index is 3.64. The van der Waals surface area contributed by atoms with E-state index in [2.05, 4.69) is 43.9 Å². The van der Waals surface area contributed by atoms with Crippen LogP contribution in [-0.2, 0) is 0 Å². The van der Waals surface area contributed by atoms with Crippen molar-refractivity contribution in [2.45, 2.75) is 64.2 Å². The summed E-state index contributed by atoms with van der Waals surface area (Å²) in [5, 5.41) is 4.44. The van der Waals surface area contributed by atoms with Gasteiger partial charge >= 0.3 is 0 Å². The van der Waals surface area contributed by atoms with Gasteiger partial charge in [0.15, 0.2) is 0 Å². The van der Waals surface area contributed by atoms with Crippen molar-refractivity contribution >= 4 is 11.8 Å². The molecule has 0 radical (unpaired) electrons. The molecule has 1 nitrogen and oxygen atoms in total. The minimum atomic E-state index is 0.629. The molecule has 94 valence electrons. The Bertz CT molecular complexity index is 213. The molecular formula is C14H27NS. The second-order valence-corrected chi connectivity index (χ2v) is 6.16. The van der Waals surface area contributed by atoms with E-state index in [4.69, 9.17) is 0 Å². The molecule has 0 bridgehead atoms. The van der Waals surface area contributed by atoms with Crippen molar-refractivity contribution in [3.63, 3.8) is 0 Å². The minimum Gasteiger partial charge on any atom is -0.310 e. The van der Waals surface area contributed by atoms with Crippen molar-refractivity contribution in [1.29, 1.82) is 0 Å². The molecule has 0 saturated carbocycles. The lowest BCUT2D eigenvalue weighted by Gasteiger charge is -2.25. The molecular weight excluding hydrogens is 214 g/mol. The van der Waals surface area contributed by atoms with Gasteiger partial charge in [0.2, 0.25) is 0 Å². The van der Waals surface area contributed by atoms with E-state index >= 15 is 0 Å². The van der Waals surface area contributed by atoms with Crippen molar-refractivity contribution in [3.8, 4) is 0 Å². The fraction of sp³-hybridized carbons (Fsp3) is 0.857. The van der Waals surface area contributed by atoms with Gasteiger partial charge in [-0.3, -0.25) is 0 Å². The van der Waals surface area contributed by atoms with Gasteiger partial charge in [-0.05, 0) is 38.6 Å². The zero-order valence-electron chi connectivity index (χ0n) is 11.1. The Morgan fingerprint density at radius 2 is 2.19 bits per heavy atom. The molecule has 0 aromatic heterocycles. The van der Waals surface area contributed by atoms with E-state index in [9.17, 15) is 0 Å². The topological polar surface area (TPSA) is 12.0 Å². The molecule has 0 saturated heterocycles. The summed E-state index contributed by atoms with van der Waals surface area (Å²) in [6, 6.07) is 0.629. The van der Waals surface area contributed by atoms with Crippen LogP contribution in [0.3, 0.4) is 0 Å². The summed E-state index contributed by atoms with van der Waals surface area (Å²) in [4.78, 5) is 0. The van der Waals surface area contributed by atoms with E-state index in [1.165, 1.54) is 37.9 Å². The van der Waals surface area contributed by atoms with Crippen LogP contribution in [0.15, 0.2) is 11.6 Å². The molecule has 2 heteroatoms. The predicted octanol–water partition coefficient (Wildman–Crippen LogP) is 4.00. The van der Waals surface area contributed by atoms with Crippen molar-refractivity contribution in [2.75, 3.05) is 12.3 Å². The first-order chi connectivity index (χ1) is 7.77. The lowest BCUT2D eigenvalue weighted by Crippen LogP contribution is -2.34. The van der Waals surface area contributed by atoms with E-state index in [1.54, 1.807) is 5.57 Å². The lowest BCUT2D eigenvalue weighted by atomic mass is 9.95. The molecule has 0 aliphatic heterocycles. The smallest absolute Gasteiger partial charge is 0.0370 e. The van der Waals surface area contributed by atoms with Crippen LogP contribution in [-0.4, -0.2) is 23.6 Å². The average Bonchev–Trinajstić information content (AvgIpc) is 2.35. The first-order valence-electron chi connectivity index (χ1n) is 6.81. The summed E-state index contributed by atoms with van der Waals surface area (Å²) >= 11 is 2.11. The molecule has 0 heterocycles.